The van der Waals surface area contributed by atoms with Gasteiger partial charge in [-0.05, 0) is 34.7 Å². The van der Waals surface area contributed by atoms with Gasteiger partial charge in [-0.15, -0.1) is 0 Å². The molecule has 18 heavy (non-hydrogen) atoms. The molecule has 108 valence electrons. The van der Waals surface area contributed by atoms with Gasteiger partial charge in [-0.2, -0.15) is 0 Å². The quantitative estimate of drug-likeness (QED) is 0.657. The van der Waals surface area contributed by atoms with Crippen LogP contribution in [-0.2, 0) is 14.3 Å². The molecular weight excluding hydrogens is 232 g/mol. The van der Waals surface area contributed by atoms with Crippen molar-refractivity contribution in [3.63, 3.8) is 0 Å². The third-order valence-corrected chi connectivity index (χ3v) is 2.97. The summed E-state index contributed by atoms with van der Waals surface area (Å²) in [6.45, 7) is 9.17. The van der Waals surface area contributed by atoms with Crippen molar-refractivity contribution in [1.82, 2.24) is 10.2 Å². The number of likely N-dealkylation sites (N-methyl/N-ethyl adjacent to an activating group) is 1. The van der Waals surface area contributed by atoms with Gasteiger partial charge in [0.25, 0.3) is 0 Å². The SMILES string of the molecule is COCC(C)N(C)CC(C)(NC(C)C)C(=O)OC. The number of carbonyl (C=O) groups is 1. The molecule has 0 spiro atoms. The Hall–Kier alpha value is -0.650. The Bertz CT molecular complexity index is 259. The maximum absolute atomic E-state index is 11.9. The Morgan fingerprint density at radius 1 is 1.33 bits per heavy atom. The number of nitrogens with one attached hydrogen (secondary N) is 1. The van der Waals surface area contributed by atoms with Gasteiger partial charge in [-0.3, -0.25) is 15.0 Å². The predicted octanol–water partition coefficient (Wildman–Crippen LogP) is 0.883. The maximum Gasteiger partial charge on any atom is 0.327 e. The van der Waals surface area contributed by atoms with Crippen molar-refractivity contribution in [2.75, 3.05) is 34.4 Å². The summed E-state index contributed by atoms with van der Waals surface area (Å²) >= 11 is 0. The minimum Gasteiger partial charge on any atom is -0.468 e. The summed E-state index contributed by atoms with van der Waals surface area (Å²) in [6, 6.07) is 0.452. The van der Waals surface area contributed by atoms with E-state index >= 15 is 0 Å². The Labute approximate surface area is 111 Å². The van der Waals surface area contributed by atoms with Crippen molar-refractivity contribution in [2.24, 2.45) is 0 Å². The van der Waals surface area contributed by atoms with Crippen molar-refractivity contribution >= 4 is 5.97 Å². The Morgan fingerprint density at radius 3 is 2.28 bits per heavy atom. The summed E-state index contributed by atoms with van der Waals surface area (Å²) in [6.07, 6.45) is 0. The number of rotatable bonds is 8. The molecule has 0 aliphatic heterocycles. The molecule has 0 aromatic carbocycles. The zero-order chi connectivity index (χ0) is 14.3. The van der Waals surface area contributed by atoms with E-state index in [1.165, 1.54) is 7.11 Å². The molecule has 0 saturated carbocycles. The third-order valence-electron chi connectivity index (χ3n) is 2.97. The molecule has 0 aliphatic rings. The van der Waals surface area contributed by atoms with E-state index in [1.54, 1.807) is 7.11 Å². The lowest BCUT2D eigenvalue weighted by atomic mass is 10.00. The highest BCUT2D eigenvalue weighted by atomic mass is 16.5. The maximum atomic E-state index is 11.9. The van der Waals surface area contributed by atoms with Crippen molar-refractivity contribution in [3.05, 3.63) is 0 Å². The van der Waals surface area contributed by atoms with Crippen LogP contribution in [-0.4, -0.2) is 62.9 Å². The second-order valence-corrected chi connectivity index (χ2v) is 5.34. The number of carbonyl (C=O) groups excluding carboxylic acids is 1. The smallest absolute Gasteiger partial charge is 0.327 e. The van der Waals surface area contributed by atoms with E-state index in [0.717, 1.165) is 0 Å². The fourth-order valence-electron chi connectivity index (χ4n) is 2.05. The number of hydrogen-bond donors (Lipinski definition) is 1. The first-order valence-electron chi connectivity index (χ1n) is 6.32. The first-order chi connectivity index (χ1) is 8.26. The molecule has 0 radical (unpaired) electrons. The largest absolute Gasteiger partial charge is 0.468 e. The van der Waals surface area contributed by atoms with Crippen LogP contribution in [0.15, 0.2) is 0 Å². The van der Waals surface area contributed by atoms with E-state index in [-0.39, 0.29) is 18.1 Å². The average molecular weight is 260 g/mol. The van der Waals surface area contributed by atoms with Crippen molar-refractivity contribution in [1.29, 1.82) is 0 Å². The van der Waals surface area contributed by atoms with Crippen LogP contribution in [0.5, 0.6) is 0 Å². The molecule has 0 aromatic rings. The standard InChI is InChI=1S/C13H28N2O3/c1-10(2)14-13(4,12(16)18-7)9-15(5)11(3)8-17-6/h10-11,14H,8-9H2,1-7H3. The Morgan fingerprint density at radius 2 is 1.89 bits per heavy atom. The van der Waals surface area contributed by atoms with E-state index in [9.17, 15) is 4.79 Å². The molecular formula is C13H28N2O3. The van der Waals surface area contributed by atoms with E-state index in [1.807, 2.05) is 27.8 Å². The molecule has 1 N–H and O–H groups in total. The second-order valence-electron chi connectivity index (χ2n) is 5.34. The van der Waals surface area contributed by atoms with Gasteiger partial charge in [0.1, 0.15) is 5.54 Å². The molecule has 2 unspecified atom stereocenters. The minimum atomic E-state index is -0.709. The minimum absolute atomic E-state index is 0.209. The molecule has 0 aliphatic carbocycles. The van der Waals surface area contributed by atoms with Gasteiger partial charge >= 0.3 is 5.97 Å². The van der Waals surface area contributed by atoms with Crippen LogP contribution in [0.2, 0.25) is 0 Å². The van der Waals surface area contributed by atoms with Crippen molar-refractivity contribution in [3.8, 4) is 0 Å². The monoisotopic (exact) mass is 260 g/mol. The molecule has 0 aromatic heterocycles. The van der Waals surface area contributed by atoms with Crippen LogP contribution in [0.25, 0.3) is 0 Å². The molecule has 0 bridgehead atoms. The molecule has 2 atom stereocenters. The predicted molar refractivity (Wildman–Crippen MR) is 72.7 cm³/mol. The normalized spacial score (nSPS) is 16.7. The number of esters is 1. The van der Waals surface area contributed by atoms with Gasteiger partial charge in [-0.25, -0.2) is 0 Å². The summed E-state index contributed by atoms with van der Waals surface area (Å²) in [5.41, 5.74) is -0.709. The zero-order valence-electron chi connectivity index (χ0n) is 12.7. The molecule has 0 saturated heterocycles. The summed E-state index contributed by atoms with van der Waals surface area (Å²) in [4.78, 5) is 14.0. The molecule has 0 heterocycles. The fraction of sp³-hybridized carbons (Fsp3) is 0.923. The van der Waals surface area contributed by atoms with Gasteiger partial charge in [0.05, 0.1) is 13.7 Å². The van der Waals surface area contributed by atoms with Crippen LogP contribution < -0.4 is 5.32 Å². The summed E-state index contributed by atoms with van der Waals surface area (Å²) in [5, 5.41) is 3.28. The van der Waals surface area contributed by atoms with Gasteiger partial charge in [0, 0.05) is 25.7 Å². The second kappa shape index (κ2) is 7.71. The number of ether oxygens (including phenoxy) is 2. The first kappa shape index (κ1) is 17.4. The molecule has 0 rings (SSSR count). The molecule has 5 heteroatoms. The number of methoxy groups -OCH3 is 2. The van der Waals surface area contributed by atoms with Gasteiger partial charge in [-0.1, -0.05) is 0 Å². The zero-order valence-corrected chi connectivity index (χ0v) is 12.7. The van der Waals surface area contributed by atoms with E-state index in [0.29, 0.717) is 13.2 Å². The topological polar surface area (TPSA) is 50.8 Å². The highest BCUT2D eigenvalue weighted by Gasteiger charge is 2.36. The first-order valence-corrected chi connectivity index (χ1v) is 6.32. The van der Waals surface area contributed by atoms with E-state index < -0.39 is 5.54 Å². The van der Waals surface area contributed by atoms with Gasteiger partial charge in [0.2, 0.25) is 0 Å². The average Bonchev–Trinajstić information content (AvgIpc) is 2.26. The Kier molecular flexibility index (Phi) is 7.43. The lowest BCUT2D eigenvalue weighted by molar-refractivity contribution is -0.149. The molecule has 5 nitrogen and oxygen atoms in total. The van der Waals surface area contributed by atoms with Crippen LogP contribution >= 0.6 is 0 Å². The van der Waals surface area contributed by atoms with Crippen LogP contribution in [0.3, 0.4) is 0 Å². The lowest BCUT2D eigenvalue weighted by Gasteiger charge is -2.36. The highest BCUT2D eigenvalue weighted by molar-refractivity contribution is 5.80. The lowest BCUT2D eigenvalue weighted by Crippen LogP contribution is -2.60. The van der Waals surface area contributed by atoms with Crippen LogP contribution in [0.1, 0.15) is 27.7 Å². The van der Waals surface area contributed by atoms with Gasteiger partial charge in [0.15, 0.2) is 0 Å². The van der Waals surface area contributed by atoms with Gasteiger partial charge < -0.3 is 9.47 Å². The highest BCUT2D eigenvalue weighted by Crippen LogP contribution is 2.12. The van der Waals surface area contributed by atoms with Crippen molar-refractivity contribution < 1.29 is 14.3 Å². The Balaban J connectivity index is 4.73. The summed E-state index contributed by atoms with van der Waals surface area (Å²) < 4.78 is 10.0. The van der Waals surface area contributed by atoms with E-state index in [2.05, 4.69) is 17.1 Å². The van der Waals surface area contributed by atoms with Crippen LogP contribution in [0, 0.1) is 0 Å². The molecule has 0 amide bonds. The summed E-state index contributed by atoms with van der Waals surface area (Å²) in [5.74, 6) is -0.243. The molecule has 0 fully saturated rings. The number of hydrogen-bond acceptors (Lipinski definition) is 5. The summed E-state index contributed by atoms with van der Waals surface area (Å²) in [7, 11) is 5.07. The van der Waals surface area contributed by atoms with E-state index in [4.69, 9.17) is 9.47 Å². The van der Waals surface area contributed by atoms with Crippen molar-refractivity contribution in [2.45, 2.75) is 45.3 Å². The third kappa shape index (κ3) is 5.33. The fourth-order valence-corrected chi connectivity index (χ4v) is 2.05. The van der Waals surface area contributed by atoms with Crippen LogP contribution in [0.4, 0.5) is 0 Å². The number of nitrogens with zero attached hydrogens (tertiary/aromatic N) is 1.